The molecule has 4 rings (SSSR count). The van der Waals surface area contributed by atoms with Crippen molar-refractivity contribution < 1.29 is 41.4 Å². The van der Waals surface area contributed by atoms with E-state index in [2.05, 4.69) is 5.10 Å². The molecule has 1 amide bonds. The number of piperazine rings is 1. The summed E-state index contributed by atoms with van der Waals surface area (Å²) in [5, 5.41) is 24.7. The maximum absolute atomic E-state index is 13.7. The van der Waals surface area contributed by atoms with Gasteiger partial charge in [0.15, 0.2) is 0 Å². The normalized spacial score (nSPS) is 19.2. The molecule has 0 aromatic heterocycles. The van der Waals surface area contributed by atoms with Crippen molar-refractivity contribution in [3.63, 3.8) is 0 Å². The van der Waals surface area contributed by atoms with Crippen LogP contribution in [0.5, 0.6) is 0 Å². The number of anilines is 2. The fourth-order valence-corrected chi connectivity index (χ4v) is 5.02. The first-order chi connectivity index (χ1) is 18.4. The Morgan fingerprint density at radius 3 is 1.95 bits per heavy atom. The minimum atomic E-state index is -6.07. The molecule has 2 aliphatic rings. The average molecular weight is 593 g/mol. The molecular formula is C26H27ClF6N4O3. The van der Waals surface area contributed by atoms with Crippen LogP contribution in [-0.2, 0) is 4.79 Å². The van der Waals surface area contributed by atoms with E-state index in [0.29, 0.717) is 31.7 Å². The van der Waals surface area contributed by atoms with Crippen molar-refractivity contribution in [3.8, 4) is 0 Å². The number of rotatable bonds is 5. The zero-order valence-electron chi connectivity index (χ0n) is 21.5. The van der Waals surface area contributed by atoms with Gasteiger partial charge in [-0.2, -0.15) is 31.4 Å². The van der Waals surface area contributed by atoms with Gasteiger partial charge in [-0.05, 0) is 43.7 Å². The number of carbonyl (C=O) groups excluding carboxylic acids is 1. The van der Waals surface area contributed by atoms with E-state index in [-0.39, 0.29) is 10.7 Å². The highest BCUT2D eigenvalue weighted by atomic mass is 35.5. The lowest BCUT2D eigenvalue weighted by Gasteiger charge is -2.38. The molecular weight excluding hydrogens is 566 g/mol. The predicted octanol–water partition coefficient (Wildman–Crippen LogP) is 4.92. The minimum Gasteiger partial charge on any atom is -0.381 e. The molecule has 2 N–H and O–H groups in total. The third-order valence-corrected chi connectivity index (χ3v) is 7.30. The zero-order valence-corrected chi connectivity index (χ0v) is 22.2. The summed E-state index contributed by atoms with van der Waals surface area (Å²) in [6.07, 6.45) is -13.0. The van der Waals surface area contributed by atoms with E-state index < -0.39 is 47.6 Å². The molecule has 0 radical (unpaired) electrons. The second-order valence-corrected chi connectivity index (χ2v) is 10.6. The van der Waals surface area contributed by atoms with Gasteiger partial charge >= 0.3 is 12.4 Å². The standard InChI is InChI=1S/C26H27ClF6N4O3/c1-23(2,39)22(38)36-13-11-35(12-14-36)17-9-7-16(8-10-17)20-15-21(24(40,25(28,29)30)26(31,32)33)34-37(20)19-6-4-3-5-18(19)27/h3-10,20,39-40H,11-15H2,1-2H3. The summed E-state index contributed by atoms with van der Waals surface area (Å²) in [7, 11) is 0. The summed E-state index contributed by atoms with van der Waals surface area (Å²) in [5.74, 6) is -0.392. The van der Waals surface area contributed by atoms with Gasteiger partial charge < -0.3 is 20.0 Å². The molecule has 0 bridgehead atoms. The number of hydrogen-bond acceptors (Lipinski definition) is 6. The van der Waals surface area contributed by atoms with Crippen LogP contribution < -0.4 is 9.91 Å². The van der Waals surface area contributed by atoms with Crippen molar-refractivity contribution in [2.75, 3.05) is 36.1 Å². The van der Waals surface area contributed by atoms with Crippen LogP contribution in [-0.4, -0.2) is 76.5 Å². The summed E-state index contributed by atoms with van der Waals surface area (Å²) in [6, 6.07) is 11.2. The fraction of sp³-hybridized carbons (Fsp3) is 0.462. The van der Waals surface area contributed by atoms with Crippen molar-refractivity contribution in [1.82, 2.24) is 4.90 Å². The van der Waals surface area contributed by atoms with E-state index in [1.807, 2.05) is 4.90 Å². The van der Waals surface area contributed by atoms with Crippen molar-refractivity contribution in [3.05, 3.63) is 59.1 Å². The predicted molar refractivity (Wildman–Crippen MR) is 137 cm³/mol. The summed E-state index contributed by atoms with van der Waals surface area (Å²) >= 11 is 6.22. The number of alkyl halides is 6. The number of hydrogen-bond donors (Lipinski definition) is 2. The number of carbonyl (C=O) groups is 1. The molecule has 0 spiro atoms. The Morgan fingerprint density at radius 1 is 0.900 bits per heavy atom. The molecule has 40 heavy (non-hydrogen) atoms. The van der Waals surface area contributed by atoms with E-state index in [4.69, 9.17) is 11.6 Å². The highest BCUT2D eigenvalue weighted by Gasteiger charge is 2.74. The summed E-state index contributed by atoms with van der Waals surface area (Å²) < 4.78 is 81.9. The summed E-state index contributed by atoms with van der Waals surface area (Å²) in [5.41, 5.74) is -6.98. The van der Waals surface area contributed by atoms with E-state index in [1.165, 1.54) is 32.0 Å². The van der Waals surface area contributed by atoms with Crippen LogP contribution >= 0.6 is 11.6 Å². The van der Waals surface area contributed by atoms with Gasteiger partial charge in [0.1, 0.15) is 5.60 Å². The van der Waals surface area contributed by atoms with E-state index >= 15 is 0 Å². The Kier molecular flexibility index (Phi) is 7.80. The van der Waals surface area contributed by atoms with Crippen LogP contribution in [0.3, 0.4) is 0 Å². The first-order valence-electron chi connectivity index (χ1n) is 12.3. The van der Waals surface area contributed by atoms with Crippen molar-refractivity contribution in [2.24, 2.45) is 5.10 Å². The fourth-order valence-electron chi connectivity index (χ4n) is 4.80. The molecule has 2 aliphatic heterocycles. The third-order valence-electron chi connectivity index (χ3n) is 6.98. The smallest absolute Gasteiger partial charge is 0.381 e. The lowest BCUT2D eigenvalue weighted by Crippen LogP contribution is -2.62. The largest absolute Gasteiger partial charge is 0.431 e. The number of aliphatic hydroxyl groups is 2. The van der Waals surface area contributed by atoms with Gasteiger partial charge in [-0.25, -0.2) is 0 Å². The number of para-hydroxylation sites is 1. The zero-order chi connectivity index (χ0) is 29.7. The summed E-state index contributed by atoms with van der Waals surface area (Å²) in [4.78, 5) is 15.8. The van der Waals surface area contributed by atoms with E-state index in [0.717, 1.165) is 10.7 Å². The van der Waals surface area contributed by atoms with Gasteiger partial charge in [-0.3, -0.25) is 9.80 Å². The van der Waals surface area contributed by atoms with E-state index in [1.54, 1.807) is 35.2 Å². The van der Waals surface area contributed by atoms with Crippen molar-refractivity contribution in [2.45, 2.75) is 49.9 Å². The molecule has 2 aromatic carbocycles. The molecule has 0 saturated carbocycles. The van der Waals surface area contributed by atoms with Crippen LogP contribution in [0.25, 0.3) is 0 Å². The lowest BCUT2D eigenvalue weighted by atomic mass is 9.90. The molecule has 1 saturated heterocycles. The Balaban J connectivity index is 1.62. The van der Waals surface area contributed by atoms with Crippen molar-refractivity contribution in [1.29, 1.82) is 0 Å². The average Bonchev–Trinajstić information content (AvgIpc) is 3.32. The molecule has 218 valence electrons. The minimum absolute atomic E-state index is 0.0511. The first kappa shape index (κ1) is 29.9. The molecule has 1 atom stereocenters. The lowest BCUT2D eigenvalue weighted by molar-refractivity contribution is -0.338. The maximum Gasteiger partial charge on any atom is 0.431 e. The Morgan fingerprint density at radius 2 is 1.45 bits per heavy atom. The van der Waals surface area contributed by atoms with E-state index in [9.17, 15) is 41.4 Å². The van der Waals surface area contributed by atoms with Crippen LogP contribution in [0.2, 0.25) is 5.02 Å². The molecule has 1 unspecified atom stereocenters. The van der Waals surface area contributed by atoms with Crippen LogP contribution in [0.1, 0.15) is 31.9 Å². The number of hydrazone groups is 1. The maximum atomic E-state index is 13.7. The van der Waals surface area contributed by atoms with Crippen LogP contribution in [0.4, 0.5) is 37.7 Å². The quantitative estimate of drug-likeness (QED) is 0.482. The SMILES string of the molecule is CC(C)(O)C(=O)N1CCN(c2ccc(C3CC(C(O)(C(F)(F)F)C(F)(F)F)=NN3c3ccccc3Cl)cc2)CC1. The van der Waals surface area contributed by atoms with Gasteiger partial charge in [0.25, 0.3) is 11.5 Å². The van der Waals surface area contributed by atoms with Crippen molar-refractivity contribution >= 4 is 34.6 Å². The van der Waals surface area contributed by atoms with Gasteiger partial charge in [0.05, 0.1) is 22.5 Å². The molecule has 0 aliphatic carbocycles. The van der Waals surface area contributed by atoms with Gasteiger partial charge in [-0.15, -0.1) is 0 Å². The topological polar surface area (TPSA) is 79.6 Å². The van der Waals surface area contributed by atoms with Crippen LogP contribution in [0.15, 0.2) is 53.6 Å². The van der Waals surface area contributed by atoms with Gasteiger partial charge in [0, 0.05) is 38.3 Å². The summed E-state index contributed by atoms with van der Waals surface area (Å²) in [6.45, 7) is 4.45. The van der Waals surface area contributed by atoms with Gasteiger partial charge in [-0.1, -0.05) is 35.9 Å². The van der Waals surface area contributed by atoms with Gasteiger partial charge in [0.2, 0.25) is 0 Å². The third kappa shape index (κ3) is 5.46. The molecule has 14 heteroatoms. The molecule has 1 fully saturated rings. The Bertz CT molecular complexity index is 1250. The number of nitrogens with zero attached hydrogens (tertiary/aromatic N) is 4. The number of halogens is 7. The number of benzene rings is 2. The molecule has 2 aromatic rings. The monoisotopic (exact) mass is 592 g/mol. The Labute approximate surface area is 231 Å². The highest BCUT2D eigenvalue weighted by molar-refractivity contribution is 6.33. The second-order valence-electron chi connectivity index (χ2n) is 10.2. The first-order valence-corrected chi connectivity index (χ1v) is 12.7. The Hall–Kier alpha value is -3.03. The highest BCUT2D eigenvalue weighted by Crippen LogP contribution is 2.49. The van der Waals surface area contributed by atoms with Crippen LogP contribution in [0, 0.1) is 0 Å². The number of amides is 1. The molecule has 2 heterocycles. The molecule has 7 nitrogen and oxygen atoms in total. The second kappa shape index (κ2) is 10.4.